The third-order valence-electron chi connectivity index (χ3n) is 7.03. The topological polar surface area (TPSA) is 67.2 Å². The Bertz CT molecular complexity index is 1450. The molecule has 5 rings (SSSR count). The number of aromatic nitrogens is 4. The smallest absolute Gasteiger partial charge is 0.354 e. The summed E-state index contributed by atoms with van der Waals surface area (Å²) >= 11 is 0. The third kappa shape index (κ3) is 5.60. The maximum atomic E-state index is 13.1. The lowest BCUT2D eigenvalue weighted by atomic mass is 10.1. The van der Waals surface area contributed by atoms with E-state index in [1.165, 1.54) is 12.1 Å². The van der Waals surface area contributed by atoms with Gasteiger partial charge in [-0.15, -0.1) is 0 Å². The number of para-hydroxylation sites is 1. The summed E-state index contributed by atoms with van der Waals surface area (Å²) in [6.07, 6.45) is -0.980. The number of benzene rings is 2. The first-order valence-corrected chi connectivity index (χ1v) is 13.3. The van der Waals surface area contributed by atoms with Crippen molar-refractivity contribution in [2.45, 2.75) is 45.7 Å². The van der Waals surface area contributed by atoms with Gasteiger partial charge in [0.2, 0.25) is 0 Å². The van der Waals surface area contributed by atoms with Crippen molar-refractivity contribution in [2.24, 2.45) is 0 Å². The lowest BCUT2D eigenvalue weighted by Crippen LogP contribution is -2.35. The maximum absolute atomic E-state index is 13.1. The van der Waals surface area contributed by atoms with Crippen LogP contribution in [0, 0.1) is 6.92 Å². The molecule has 0 aliphatic carbocycles. The van der Waals surface area contributed by atoms with Gasteiger partial charge in [0.15, 0.2) is 5.65 Å². The zero-order valence-corrected chi connectivity index (χ0v) is 22.1. The number of hydrogen-bond acceptors (Lipinski definition) is 5. The molecule has 2 aromatic carbocycles. The molecule has 1 aliphatic heterocycles. The van der Waals surface area contributed by atoms with Gasteiger partial charge in [0, 0.05) is 38.2 Å². The average Bonchev–Trinajstić information content (AvgIpc) is 3.10. The molecule has 39 heavy (non-hydrogen) atoms. The van der Waals surface area contributed by atoms with Crippen LogP contribution < -0.4 is 4.90 Å². The van der Waals surface area contributed by atoms with Crippen molar-refractivity contribution in [2.75, 3.05) is 31.1 Å². The highest BCUT2D eigenvalue weighted by atomic mass is 19.4. The van der Waals surface area contributed by atoms with Crippen molar-refractivity contribution in [1.29, 1.82) is 0 Å². The van der Waals surface area contributed by atoms with Crippen molar-refractivity contribution >= 4 is 22.8 Å². The number of anilines is 1. The summed E-state index contributed by atoms with van der Waals surface area (Å²) in [7, 11) is 0. The molecular weight excluding hydrogens is 505 g/mol. The number of amides is 1. The second-order valence-electron chi connectivity index (χ2n) is 9.81. The monoisotopic (exact) mass is 536 g/mol. The van der Waals surface area contributed by atoms with Gasteiger partial charge in [-0.2, -0.15) is 18.3 Å². The van der Waals surface area contributed by atoms with Crippen LogP contribution in [0.2, 0.25) is 0 Å². The molecule has 0 unspecified atom stereocenters. The minimum Gasteiger partial charge on any atom is -0.354 e. The summed E-state index contributed by atoms with van der Waals surface area (Å²) in [4.78, 5) is 26.9. The molecule has 0 spiro atoms. The van der Waals surface area contributed by atoms with E-state index >= 15 is 0 Å². The number of halogens is 3. The first-order chi connectivity index (χ1) is 18.8. The average molecular weight is 537 g/mol. The van der Waals surface area contributed by atoms with Crippen LogP contribution in [-0.2, 0) is 12.6 Å². The van der Waals surface area contributed by atoms with E-state index in [1.807, 2.05) is 41.9 Å². The third-order valence-corrected chi connectivity index (χ3v) is 7.03. The van der Waals surface area contributed by atoms with Crippen LogP contribution in [0.4, 0.5) is 19.0 Å². The Hall–Kier alpha value is -3.95. The van der Waals surface area contributed by atoms with E-state index in [9.17, 15) is 18.0 Å². The Morgan fingerprint density at radius 1 is 0.949 bits per heavy atom. The molecule has 10 heteroatoms. The molecule has 0 N–H and O–H groups in total. The van der Waals surface area contributed by atoms with E-state index in [-0.39, 0.29) is 11.5 Å². The van der Waals surface area contributed by atoms with Gasteiger partial charge < -0.3 is 9.80 Å². The molecule has 1 fully saturated rings. The minimum absolute atomic E-state index is 0.253. The maximum Gasteiger partial charge on any atom is 0.416 e. The Kier molecular flexibility index (Phi) is 7.54. The van der Waals surface area contributed by atoms with Crippen molar-refractivity contribution < 1.29 is 18.0 Å². The van der Waals surface area contributed by atoms with E-state index < -0.39 is 11.7 Å². The predicted molar refractivity (Wildman–Crippen MR) is 144 cm³/mol. The molecule has 2 aromatic heterocycles. The highest BCUT2D eigenvalue weighted by Gasteiger charge is 2.31. The molecule has 1 amide bonds. The van der Waals surface area contributed by atoms with Crippen LogP contribution in [0.25, 0.3) is 16.7 Å². The summed E-state index contributed by atoms with van der Waals surface area (Å²) < 4.78 is 40.7. The fraction of sp³-hybridized carbons (Fsp3) is 0.379. The molecule has 7 nitrogen and oxygen atoms in total. The highest BCUT2D eigenvalue weighted by Crippen LogP contribution is 2.31. The van der Waals surface area contributed by atoms with Gasteiger partial charge in [-0.1, -0.05) is 31.5 Å². The van der Waals surface area contributed by atoms with Gasteiger partial charge in [0.05, 0.1) is 22.3 Å². The second-order valence-corrected chi connectivity index (χ2v) is 9.81. The Balaban J connectivity index is 1.44. The molecule has 4 aromatic rings. The van der Waals surface area contributed by atoms with Crippen LogP contribution in [0.1, 0.15) is 53.6 Å². The fourth-order valence-electron chi connectivity index (χ4n) is 4.95. The Morgan fingerprint density at radius 2 is 1.69 bits per heavy atom. The molecule has 0 radical (unpaired) electrons. The number of alkyl halides is 3. The van der Waals surface area contributed by atoms with Crippen LogP contribution in [0.3, 0.4) is 0 Å². The summed E-state index contributed by atoms with van der Waals surface area (Å²) in [6, 6.07) is 14.3. The zero-order chi connectivity index (χ0) is 27.6. The van der Waals surface area contributed by atoms with Crippen molar-refractivity contribution in [3.63, 3.8) is 0 Å². The van der Waals surface area contributed by atoms with Crippen molar-refractivity contribution in [3.05, 3.63) is 77.2 Å². The van der Waals surface area contributed by atoms with Gasteiger partial charge >= 0.3 is 6.18 Å². The molecule has 3 heterocycles. The van der Waals surface area contributed by atoms with E-state index in [1.54, 1.807) is 4.90 Å². The standard InChI is InChI=1S/C29H31F3N6O/c1-3-4-11-24-33-26(25-20(2)35-38(27(25)34-24)23-9-6-5-7-10-23)36-16-8-17-37(19-18-36)28(39)21-12-14-22(15-13-21)29(30,31)32/h5-7,9-10,12-15H,3-4,8,11,16-19H2,1-2H3. The first kappa shape index (κ1) is 26.6. The van der Waals surface area contributed by atoms with Gasteiger partial charge in [-0.05, 0) is 56.2 Å². The predicted octanol–water partition coefficient (Wildman–Crippen LogP) is 5.84. The second kappa shape index (κ2) is 11.0. The van der Waals surface area contributed by atoms with Crippen LogP contribution in [0.5, 0.6) is 0 Å². The number of rotatable bonds is 6. The first-order valence-electron chi connectivity index (χ1n) is 13.3. The molecular formula is C29H31F3N6O. The summed E-state index contributed by atoms with van der Waals surface area (Å²) in [5.41, 5.74) is 2.00. The van der Waals surface area contributed by atoms with E-state index in [2.05, 4.69) is 11.8 Å². The van der Waals surface area contributed by atoms with Gasteiger partial charge in [-0.3, -0.25) is 4.79 Å². The Morgan fingerprint density at radius 3 is 2.38 bits per heavy atom. The van der Waals surface area contributed by atoms with Crippen LogP contribution in [0.15, 0.2) is 54.6 Å². The SMILES string of the molecule is CCCCc1nc(N2CCCN(C(=O)c3ccc(C(F)(F)F)cc3)CC2)c2c(C)nn(-c3ccccc3)c2n1. The van der Waals surface area contributed by atoms with Crippen molar-refractivity contribution in [3.8, 4) is 5.69 Å². The van der Waals surface area contributed by atoms with Crippen molar-refractivity contribution in [1.82, 2.24) is 24.6 Å². The summed E-state index contributed by atoms with van der Waals surface area (Å²) in [5.74, 6) is 1.31. The number of hydrogen-bond donors (Lipinski definition) is 0. The van der Waals surface area contributed by atoms with Crippen LogP contribution >= 0.6 is 0 Å². The number of aryl methyl sites for hydroxylation is 2. The lowest BCUT2D eigenvalue weighted by molar-refractivity contribution is -0.137. The van der Waals surface area contributed by atoms with E-state index in [4.69, 9.17) is 15.1 Å². The molecule has 1 saturated heterocycles. The van der Waals surface area contributed by atoms with E-state index in [0.717, 1.165) is 65.5 Å². The lowest BCUT2D eigenvalue weighted by Gasteiger charge is -2.24. The van der Waals surface area contributed by atoms with Crippen LogP contribution in [-0.4, -0.2) is 56.7 Å². The zero-order valence-electron chi connectivity index (χ0n) is 22.1. The number of unbranched alkanes of at least 4 members (excludes halogenated alkanes) is 1. The number of nitrogens with zero attached hydrogens (tertiary/aromatic N) is 6. The van der Waals surface area contributed by atoms with Gasteiger partial charge in [0.1, 0.15) is 11.6 Å². The molecule has 0 saturated carbocycles. The Labute approximate surface area is 225 Å². The van der Waals surface area contributed by atoms with Gasteiger partial charge in [-0.25, -0.2) is 14.6 Å². The summed E-state index contributed by atoms with van der Waals surface area (Å²) in [5, 5.41) is 5.70. The number of carbonyl (C=O) groups excluding carboxylic acids is 1. The number of carbonyl (C=O) groups is 1. The quantitative estimate of drug-likeness (QED) is 0.310. The largest absolute Gasteiger partial charge is 0.416 e. The fourth-order valence-corrected chi connectivity index (χ4v) is 4.95. The summed E-state index contributed by atoms with van der Waals surface area (Å²) in [6.45, 7) is 6.26. The molecule has 1 aliphatic rings. The minimum atomic E-state index is -4.43. The van der Waals surface area contributed by atoms with E-state index in [0.29, 0.717) is 32.6 Å². The molecule has 204 valence electrons. The molecule has 0 atom stereocenters. The highest BCUT2D eigenvalue weighted by molar-refractivity contribution is 5.94. The molecule has 0 bridgehead atoms. The number of fused-ring (bicyclic) bond motifs is 1. The normalized spacial score (nSPS) is 14.6. The van der Waals surface area contributed by atoms with Gasteiger partial charge in [0.25, 0.3) is 5.91 Å².